The van der Waals surface area contributed by atoms with Gasteiger partial charge in [-0.05, 0) is 213 Å². The summed E-state index contributed by atoms with van der Waals surface area (Å²) in [5.74, 6) is 2.98. The molecule has 0 aliphatic rings. The van der Waals surface area contributed by atoms with E-state index in [1.807, 2.05) is 0 Å². The predicted molar refractivity (Wildman–Crippen MR) is 299 cm³/mol. The van der Waals surface area contributed by atoms with E-state index < -0.39 is 0 Å². The molecule has 0 aliphatic carbocycles. The first-order chi connectivity index (χ1) is 31.8. The Morgan fingerprint density at radius 3 is 0.552 bits per heavy atom. The highest BCUT2D eigenvalue weighted by Gasteiger charge is 2.24. The molecule has 0 nitrogen and oxygen atoms in total. The molecule has 7 aromatic rings. The lowest BCUT2D eigenvalue weighted by Crippen LogP contribution is -2.03. The molecule has 7 rings (SSSR count). The van der Waals surface area contributed by atoms with Gasteiger partial charge in [0, 0.05) is 4.90 Å². The van der Waals surface area contributed by atoms with E-state index in [0.29, 0.717) is 47.3 Å². The van der Waals surface area contributed by atoms with Crippen LogP contribution >= 0.6 is 12.6 Å². The lowest BCUT2D eigenvalue weighted by Gasteiger charge is -2.24. The average Bonchev–Trinajstić information content (AvgIpc) is 3.29. The zero-order valence-electron chi connectivity index (χ0n) is 43.7. The van der Waals surface area contributed by atoms with E-state index in [0.717, 1.165) is 4.90 Å². The maximum absolute atomic E-state index is 5.25. The van der Waals surface area contributed by atoms with Crippen molar-refractivity contribution in [3.63, 3.8) is 0 Å². The molecule has 0 aliphatic heterocycles. The summed E-state index contributed by atoms with van der Waals surface area (Å²) in [6.45, 7) is 37.4. The molecule has 1 heteroatoms. The van der Waals surface area contributed by atoms with E-state index in [4.69, 9.17) is 12.6 Å². The van der Waals surface area contributed by atoms with E-state index >= 15 is 0 Å². The first kappa shape index (κ1) is 49.8. The van der Waals surface area contributed by atoms with Crippen molar-refractivity contribution in [2.45, 2.75) is 163 Å². The van der Waals surface area contributed by atoms with Gasteiger partial charge in [0.15, 0.2) is 0 Å². The summed E-state index contributed by atoms with van der Waals surface area (Å²) < 4.78 is 0. The highest BCUT2D eigenvalue weighted by molar-refractivity contribution is 7.80. The average molecular weight is 903 g/mol. The highest BCUT2D eigenvalue weighted by atomic mass is 32.1. The van der Waals surface area contributed by atoms with E-state index in [1.165, 1.54) is 111 Å². The third-order valence-corrected chi connectivity index (χ3v) is 14.4. The van der Waals surface area contributed by atoms with Crippen molar-refractivity contribution in [1.82, 2.24) is 0 Å². The summed E-state index contributed by atoms with van der Waals surface area (Å²) in [5, 5.41) is 0. The van der Waals surface area contributed by atoms with Crippen LogP contribution in [-0.2, 0) is 0 Å². The van der Waals surface area contributed by atoms with Crippen LogP contribution in [0.3, 0.4) is 0 Å². The van der Waals surface area contributed by atoms with Crippen molar-refractivity contribution in [1.29, 1.82) is 0 Å². The molecule has 0 heterocycles. The summed E-state index contributed by atoms with van der Waals surface area (Å²) in [7, 11) is 0. The number of hydrogen-bond donors (Lipinski definition) is 1. The van der Waals surface area contributed by atoms with Crippen LogP contribution in [0.25, 0.3) is 66.8 Å². The quantitative estimate of drug-likeness (QED) is 0.103. The molecule has 0 unspecified atom stereocenters. The Morgan fingerprint density at radius 1 is 0.224 bits per heavy atom. The molecule has 0 spiro atoms. The largest absolute Gasteiger partial charge is 0.143 e. The van der Waals surface area contributed by atoms with Gasteiger partial charge in [-0.3, -0.25) is 0 Å². The van der Waals surface area contributed by atoms with Gasteiger partial charge in [-0.1, -0.05) is 184 Å². The van der Waals surface area contributed by atoms with Gasteiger partial charge in [0.1, 0.15) is 0 Å². The normalized spacial score (nSPS) is 12.1. The van der Waals surface area contributed by atoms with Crippen molar-refractivity contribution in [2.75, 3.05) is 0 Å². The molecule has 0 saturated heterocycles. The van der Waals surface area contributed by atoms with E-state index in [1.54, 1.807) is 0 Å². The topological polar surface area (TPSA) is 0 Å². The fourth-order valence-electron chi connectivity index (χ4n) is 10.6. The second-order valence-corrected chi connectivity index (χ2v) is 22.4. The lowest BCUT2D eigenvalue weighted by atomic mass is 9.80. The maximum Gasteiger partial charge on any atom is 0.00523 e. The van der Waals surface area contributed by atoms with Gasteiger partial charge in [0.2, 0.25) is 0 Å². The molecule has 0 bridgehead atoms. The third-order valence-electron chi connectivity index (χ3n) is 14.1. The van der Waals surface area contributed by atoms with Gasteiger partial charge in [-0.2, -0.15) is 0 Å². The van der Waals surface area contributed by atoms with Crippen LogP contribution < -0.4 is 0 Å². The number of benzene rings is 7. The Hall–Kier alpha value is -5.11. The minimum absolute atomic E-state index is 0.373. The minimum atomic E-state index is 0.373. The van der Waals surface area contributed by atoms with Crippen LogP contribution in [0, 0.1) is 0 Å². The summed E-state index contributed by atoms with van der Waals surface area (Å²) in [6.07, 6.45) is 0. The van der Waals surface area contributed by atoms with Gasteiger partial charge in [-0.25, -0.2) is 0 Å². The predicted octanol–water partition coefficient (Wildman–Crippen LogP) is 21.0. The highest BCUT2D eigenvalue weighted by Crippen LogP contribution is 2.47. The third kappa shape index (κ3) is 10.3. The number of thiol groups is 1. The molecule has 0 amide bonds. The molecule has 348 valence electrons. The Morgan fingerprint density at radius 2 is 0.373 bits per heavy atom. The van der Waals surface area contributed by atoms with E-state index in [2.05, 4.69) is 238 Å². The summed E-state index contributed by atoms with van der Waals surface area (Å²) in [5.41, 5.74) is 26.6. The fraction of sp³-hybridized carbons (Fsp3) is 0.364. The van der Waals surface area contributed by atoms with E-state index in [9.17, 15) is 0 Å². The first-order valence-corrected chi connectivity index (χ1v) is 25.9. The van der Waals surface area contributed by atoms with Crippen LogP contribution in [0.2, 0.25) is 0 Å². The molecule has 0 fully saturated rings. The van der Waals surface area contributed by atoms with Crippen molar-refractivity contribution in [2.24, 2.45) is 0 Å². The monoisotopic (exact) mass is 903 g/mol. The van der Waals surface area contributed by atoms with Crippen molar-refractivity contribution in [3.8, 4) is 66.8 Å². The standard InChI is InChI=1S/C66H78S/c1-38(2)55-21-17-22-56(39(3)4)63(55)50-30-46(31-51(34-50)64-57(40(5)6)23-18-24-58(64)41(7)8)48-29-49(37-54(67)36-48)47-32-52(65-59(42(9)10)25-19-26-60(65)43(11)12)35-53(33-47)66-61(44(13)14)27-20-28-62(66)45(15)16/h17-45,67H,1-16H3. The molecular formula is C66H78S. The van der Waals surface area contributed by atoms with Crippen molar-refractivity contribution >= 4 is 12.6 Å². The maximum atomic E-state index is 5.25. The van der Waals surface area contributed by atoms with Gasteiger partial charge in [0.05, 0.1) is 0 Å². The minimum Gasteiger partial charge on any atom is -0.143 e. The molecule has 0 radical (unpaired) electrons. The molecule has 0 N–H and O–H groups in total. The summed E-state index contributed by atoms with van der Waals surface area (Å²) in [4.78, 5) is 0.957. The van der Waals surface area contributed by atoms with E-state index in [-0.39, 0.29) is 0 Å². The molecular weight excluding hydrogens is 825 g/mol. The van der Waals surface area contributed by atoms with Gasteiger partial charge >= 0.3 is 0 Å². The molecule has 0 aromatic heterocycles. The SMILES string of the molecule is CC(C)c1cccc(C(C)C)c1-c1cc(-c2cc(S)cc(-c3cc(-c4c(C(C)C)cccc4C(C)C)cc(-c4c(C(C)C)cccc4C(C)C)c3)c2)cc(-c2c(C(C)C)cccc2C(C)C)c1. The van der Waals surface area contributed by atoms with Crippen LogP contribution in [0.5, 0.6) is 0 Å². The van der Waals surface area contributed by atoms with Crippen molar-refractivity contribution < 1.29 is 0 Å². The number of hydrogen-bond acceptors (Lipinski definition) is 1. The van der Waals surface area contributed by atoms with Gasteiger partial charge in [0.25, 0.3) is 0 Å². The molecule has 7 aromatic carbocycles. The second kappa shape index (κ2) is 20.6. The van der Waals surface area contributed by atoms with Crippen LogP contribution in [-0.4, -0.2) is 0 Å². The van der Waals surface area contributed by atoms with Crippen LogP contribution in [0.1, 0.15) is 203 Å². The second-order valence-electron chi connectivity index (χ2n) is 21.9. The zero-order chi connectivity index (χ0) is 48.6. The first-order valence-electron chi connectivity index (χ1n) is 25.4. The summed E-state index contributed by atoms with van der Waals surface area (Å²) in [6, 6.07) is 49.7. The lowest BCUT2D eigenvalue weighted by molar-refractivity contribution is 0.836. The molecule has 0 atom stereocenters. The van der Waals surface area contributed by atoms with Crippen LogP contribution in [0.4, 0.5) is 0 Å². The summed E-state index contributed by atoms with van der Waals surface area (Å²) >= 11 is 5.25. The number of rotatable bonds is 14. The Bertz CT molecular complexity index is 2410. The van der Waals surface area contributed by atoms with Crippen LogP contribution in [0.15, 0.2) is 132 Å². The van der Waals surface area contributed by atoms with Gasteiger partial charge in [-0.15, -0.1) is 12.6 Å². The van der Waals surface area contributed by atoms with Gasteiger partial charge < -0.3 is 0 Å². The molecule has 67 heavy (non-hydrogen) atoms. The molecule has 0 saturated carbocycles. The smallest absolute Gasteiger partial charge is 0.00523 e. The Balaban J connectivity index is 1.58. The Labute approximate surface area is 412 Å². The van der Waals surface area contributed by atoms with Crippen molar-refractivity contribution in [3.05, 3.63) is 172 Å². The Kier molecular flexibility index (Phi) is 15.3. The fourth-order valence-corrected chi connectivity index (χ4v) is 10.9. The zero-order valence-corrected chi connectivity index (χ0v) is 44.6.